The van der Waals surface area contributed by atoms with Gasteiger partial charge in [-0.1, -0.05) is 0 Å². The van der Waals surface area contributed by atoms with Crippen molar-refractivity contribution in [2.75, 3.05) is 7.11 Å². The SMILES string of the molecule is BCC(=O)c1ccc(OC)cc1. The topological polar surface area (TPSA) is 26.3 Å². The molecule has 0 radical (unpaired) electrons. The molecule has 2 nitrogen and oxygen atoms in total. The number of Topliss-reactive ketones (excluding diaryl/α,β-unsaturated/α-hetero) is 1. The van der Waals surface area contributed by atoms with Gasteiger partial charge in [0.15, 0.2) is 5.78 Å². The van der Waals surface area contributed by atoms with Crippen LogP contribution in [0.2, 0.25) is 6.32 Å². The third kappa shape index (κ3) is 1.88. The fourth-order valence-electron chi connectivity index (χ4n) is 0.981. The predicted octanol–water partition coefficient (Wildman–Crippen LogP) is 0.929. The summed E-state index contributed by atoms with van der Waals surface area (Å²) in [5.74, 6) is 0.945. The van der Waals surface area contributed by atoms with E-state index in [9.17, 15) is 4.79 Å². The maximum Gasteiger partial charge on any atom is 0.155 e. The van der Waals surface area contributed by atoms with E-state index in [0.717, 1.165) is 11.3 Å². The highest BCUT2D eigenvalue weighted by Crippen LogP contribution is 2.12. The van der Waals surface area contributed by atoms with Crippen molar-refractivity contribution in [3.63, 3.8) is 0 Å². The summed E-state index contributed by atoms with van der Waals surface area (Å²) >= 11 is 0. The molecule has 0 bridgehead atoms. The number of benzene rings is 1. The van der Waals surface area contributed by atoms with E-state index in [0.29, 0.717) is 6.32 Å². The molecule has 0 atom stereocenters. The maximum absolute atomic E-state index is 11.2. The van der Waals surface area contributed by atoms with Crippen molar-refractivity contribution >= 4 is 13.6 Å². The van der Waals surface area contributed by atoms with E-state index >= 15 is 0 Å². The standard InChI is InChI=1S/C9H11BO2/c1-12-8-4-2-7(3-5-8)9(11)6-10/h2-5H,6,10H2,1H3. The molecule has 0 aromatic heterocycles. The van der Waals surface area contributed by atoms with Crippen LogP contribution in [0, 0.1) is 0 Å². The Morgan fingerprint density at radius 1 is 1.42 bits per heavy atom. The molecule has 0 saturated carbocycles. The van der Waals surface area contributed by atoms with E-state index in [1.807, 2.05) is 7.85 Å². The van der Waals surface area contributed by atoms with E-state index in [4.69, 9.17) is 4.74 Å². The predicted molar refractivity (Wildman–Crippen MR) is 50.7 cm³/mol. The van der Waals surface area contributed by atoms with Crippen molar-refractivity contribution in [1.29, 1.82) is 0 Å². The van der Waals surface area contributed by atoms with E-state index in [1.165, 1.54) is 0 Å². The summed E-state index contributed by atoms with van der Waals surface area (Å²) in [6.07, 6.45) is 0.548. The van der Waals surface area contributed by atoms with Crippen LogP contribution in [0.3, 0.4) is 0 Å². The lowest BCUT2D eigenvalue weighted by Crippen LogP contribution is -1.96. The Balaban J connectivity index is 2.84. The zero-order chi connectivity index (χ0) is 8.97. The van der Waals surface area contributed by atoms with Crippen LogP contribution in [-0.2, 0) is 0 Å². The summed E-state index contributed by atoms with van der Waals surface area (Å²) in [7, 11) is 3.46. The molecule has 1 rings (SSSR count). The molecule has 0 N–H and O–H groups in total. The summed E-state index contributed by atoms with van der Waals surface area (Å²) in [5, 5.41) is 0. The van der Waals surface area contributed by atoms with Gasteiger partial charge in [0, 0.05) is 5.56 Å². The third-order valence-electron chi connectivity index (χ3n) is 1.73. The Kier molecular flexibility index (Phi) is 2.91. The number of ether oxygens (including phenoxy) is 1. The lowest BCUT2D eigenvalue weighted by atomic mass is 9.96. The van der Waals surface area contributed by atoms with Gasteiger partial charge in [-0.3, -0.25) is 4.79 Å². The number of carbonyl (C=O) groups is 1. The van der Waals surface area contributed by atoms with Crippen LogP contribution < -0.4 is 4.74 Å². The minimum Gasteiger partial charge on any atom is -0.497 e. The molecule has 0 fully saturated rings. The van der Waals surface area contributed by atoms with Gasteiger partial charge in [-0.25, -0.2) is 0 Å². The molecule has 0 aliphatic rings. The highest BCUT2D eigenvalue weighted by Gasteiger charge is 2.01. The third-order valence-corrected chi connectivity index (χ3v) is 1.73. The number of rotatable bonds is 3. The first-order valence-corrected chi connectivity index (χ1v) is 3.95. The van der Waals surface area contributed by atoms with Crippen LogP contribution in [0.15, 0.2) is 24.3 Å². The Morgan fingerprint density at radius 3 is 2.42 bits per heavy atom. The average Bonchev–Trinajstić information content (AvgIpc) is 2.17. The largest absolute Gasteiger partial charge is 0.497 e. The summed E-state index contributed by atoms with van der Waals surface area (Å²) in [6, 6.07) is 7.15. The van der Waals surface area contributed by atoms with Gasteiger partial charge in [-0.2, -0.15) is 0 Å². The van der Waals surface area contributed by atoms with Crippen LogP contribution >= 0.6 is 0 Å². The zero-order valence-electron chi connectivity index (χ0n) is 7.33. The maximum atomic E-state index is 11.2. The van der Waals surface area contributed by atoms with Crippen molar-refractivity contribution < 1.29 is 9.53 Å². The van der Waals surface area contributed by atoms with Crippen molar-refractivity contribution in [3.8, 4) is 5.75 Å². The fourth-order valence-corrected chi connectivity index (χ4v) is 0.981. The highest BCUT2D eigenvalue weighted by molar-refractivity contribution is 6.23. The second kappa shape index (κ2) is 3.95. The van der Waals surface area contributed by atoms with Crippen LogP contribution in [0.4, 0.5) is 0 Å². The zero-order valence-corrected chi connectivity index (χ0v) is 7.33. The minimum atomic E-state index is 0.164. The van der Waals surface area contributed by atoms with Gasteiger partial charge in [0.2, 0.25) is 0 Å². The fraction of sp³-hybridized carbons (Fsp3) is 0.222. The van der Waals surface area contributed by atoms with E-state index in [-0.39, 0.29) is 5.78 Å². The average molecular weight is 162 g/mol. The van der Waals surface area contributed by atoms with Crippen molar-refractivity contribution in [3.05, 3.63) is 29.8 Å². The normalized spacial score (nSPS) is 9.42. The molecule has 62 valence electrons. The first kappa shape index (κ1) is 8.85. The molecule has 0 aliphatic heterocycles. The van der Waals surface area contributed by atoms with Gasteiger partial charge < -0.3 is 4.74 Å². The molecule has 1 aromatic carbocycles. The molecule has 0 aliphatic carbocycles. The van der Waals surface area contributed by atoms with E-state index < -0.39 is 0 Å². The molecule has 1 aromatic rings. The number of carbonyl (C=O) groups excluding carboxylic acids is 1. The van der Waals surface area contributed by atoms with Gasteiger partial charge in [0.1, 0.15) is 13.6 Å². The molecule has 0 heterocycles. The molecule has 12 heavy (non-hydrogen) atoms. The van der Waals surface area contributed by atoms with Crippen molar-refractivity contribution in [2.45, 2.75) is 6.32 Å². The number of ketones is 1. The van der Waals surface area contributed by atoms with Gasteiger partial charge in [-0.15, -0.1) is 0 Å². The minimum absolute atomic E-state index is 0.164. The van der Waals surface area contributed by atoms with Crippen molar-refractivity contribution in [1.82, 2.24) is 0 Å². The number of hydrogen-bond donors (Lipinski definition) is 0. The van der Waals surface area contributed by atoms with Crippen LogP contribution in [-0.4, -0.2) is 20.7 Å². The first-order valence-electron chi connectivity index (χ1n) is 3.95. The molecule has 0 spiro atoms. The Hall–Kier alpha value is -1.25. The first-order chi connectivity index (χ1) is 5.77. The van der Waals surface area contributed by atoms with E-state index in [1.54, 1.807) is 31.4 Å². The lowest BCUT2D eigenvalue weighted by molar-refractivity contribution is 0.101. The van der Waals surface area contributed by atoms with Crippen molar-refractivity contribution in [2.24, 2.45) is 0 Å². The monoisotopic (exact) mass is 162 g/mol. The second-order valence-corrected chi connectivity index (χ2v) is 2.51. The summed E-state index contributed by atoms with van der Waals surface area (Å²) in [4.78, 5) is 11.2. The summed E-state index contributed by atoms with van der Waals surface area (Å²) in [6.45, 7) is 0. The van der Waals surface area contributed by atoms with Gasteiger partial charge in [-0.05, 0) is 30.6 Å². The van der Waals surface area contributed by atoms with Crippen LogP contribution in [0.5, 0.6) is 5.75 Å². The lowest BCUT2D eigenvalue weighted by Gasteiger charge is -2.00. The number of hydrogen-bond acceptors (Lipinski definition) is 2. The Bertz CT molecular complexity index is 266. The molecular formula is C9H11BO2. The number of methoxy groups -OCH3 is 1. The van der Waals surface area contributed by atoms with Gasteiger partial charge >= 0.3 is 0 Å². The summed E-state index contributed by atoms with van der Waals surface area (Å²) in [5.41, 5.74) is 0.748. The molecular weight excluding hydrogens is 151 g/mol. The smallest absolute Gasteiger partial charge is 0.155 e. The molecule has 3 heteroatoms. The Morgan fingerprint density at radius 2 is 2.00 bits per heavy atom. The molecule has 0 unspecified atom stereocenters. The van der Waals surface area contributed by atoms with Gasteiger partial charge in [0.25, 0.3) is 0 Å². The van der Waals surface area contributed by atoms with Gasteiger partial charge in [0.05, 0.1) is 7.11 Å². The highest BCUT2D eigenvalue weighted by atomic mass is 16.5. The quantitative estimate of drug-likeness (QED) is 0.488. The molecule has 0 saturated heterocycles. The second-order valence-electron chi connectivity index (χ2n) is 2.51. The van der Waals surface area contributed by atoms with Crippen LogP contribution in [0.1, 0.15) is 10.4 Å². The molecule has 0 amide bonds. The summed E-state index contributed by atoms with van der Waals surface area (Å²) < 4.78 is 4.97. The van der Waals surface area contributed by atoms with Crippen LogP contribution in [0.25, 0.3) is 0 Å². The Labute approximate surface area is 73.0 Å². The van der Waals surface area contributed by atoms with E-state index in [2.05, 4.69) is 0 Å².